The molecule has 0 spiro atoms. The summed E-state index contributed by atoms with van der Waals surface area (Å²) in [5.41, 5.74) is 8.34. The number of para-hydroxylation sites is 1. The lowest BCUT2D eigenvalue weighted by Crippen LogP contribution is -2.43. The lowest BCUT2D eigenvalue weighted by atomic mass is 10.0. The third-order valence-corrected chi connectivity index (χ3v) is 4.94. The maximum atomic E-state index is 12.3. The summed E-state index contributed by atoms with van der Waals surface area (Å²) in [7, 11) is 0. The zero-order valence-corrected chi connectivity index (χ0v) is 16.9. The van der Waals surface area contributed by atoms with E-state index < -0.39 is 29.9 Å². The van der Waals surface area contributed by atoms with Crippen molar-refractivity contribution in [3.8, 4) is 0 Å². The average Bonchev–Trinajstić information content (AvgIpc) is 3.19. The Morgan fingerprint density at radius 3 is 2.52 bits per heavy atom. The van der Waals surface area contributed by atoms with Crippen molar-refractivity contribution in [2.24, 2.45) is 5.73 Å². The number of hydrogen-bond donors (Lipinski definition) is 4. The van der Waals surface area contributed by atoms with E-state index in [0.29, 0.717) is 0 Å². The number of hydrogen-bond acceptors (Lipinski definition) is 5. The van der Waals surface area contributed by atoms with Gasteiger partial charge in [0.15, 0.2) is 0 Å². The number of aliphatic carboxylic acids is 1. The molecule has 162 valence electrons. The van der Waals surface area contributed by atoms with Crippen LogP contribution < -0.4 is 11.1 Å². The number of benzene rings is 2. The van der Waals surface area contributed by atoms with Gasteiger partial charge in [0.25, 0.3) is 0 Å². The van der Waals surface area contributed by atoms with Crippen molar-refractivity contribution < 1.29 is 24.2 Å². The Labute approximate surface area is 179 Å². The summed E-state index contributed by atoms with van der Waals surface area (Å²) in [6, 6.07) is 14.7. The molecule has 0 aliphatic carbocycles. The fourth-order valence-corrected chi connectivity index (χ4v) is 3.23. The molecule has 1 heterocycles. The Hall–Kier alpha value is -3.65. The van der Waals surface area contributed by atoms with Crippen LogP contribution in [0.15, 0.2) is 60.8 Å². The highest BCUT2D eigenvalue weighted by Gasteiger charge is 2.23. The van der Waals surface area contributed by atoms with E-state index in [4.69, 9.17) is 10.5 Å². The fraction of sp³-hybridized carbons (Fsp3) is 0.261. The number of carboxylic acids is 1. The van der Waals surface area contributed by atoms with E-state index in [0.717, 1.165) is 22.0 Å². The molecular formula is C23H25N3O5. The molecule has 0 bridgehead atoms. The first-order valence-electron chi connectivity index (χ1n) is 9.97. The monoisotopic (exact) mass is 423 g/mol. The predicted octanol–water partition coefficient (Wildman–Crippen LogP) is 2.13. The van der Waals surface area contributed by atoms with E-state index in [9.17, 15) is 19.5 Å². The quantitative estimate of drug-likeness (QED) is 0.369. The van der Waals surface area contributed by atoms with E-state index in [1.807, 2.05) is 54.6 Å². The minimum absolute atomic E-state index is 0.0544. The maximum absolute atomic E-state index is 12.3. The zero-order chi connectivity index (χ0) is 22.2. The molecule has 31 heavy (non-hydrogen) atoms. The Morgan fingerprint density at radius 1 is 1.06 bits per heavy atom. The van der Waals surface area contributed by atoms with Gasteiger partial charge in [-0.05, 0) is 23.6 Å². The van der Waals surface area contributed by atoms with Gasteiger partial charge >= 0.3 is 11.9 Å². The first-order chi connectivity index (χ1) is 14.9. The lowest BCUT2D eigenvalue weighted by Gasteiger charge is -2.15. The molecule has 2 aromatic carbocycles. The molecule has 0 radical (unpaired) electrons. The van der Waals surface area contributed by atoms with Gasteiger partial charge in [0.2, 0.25) is 5.91 Å². The van der Waals surface area contributed by atoms with Gasteiger partial charge in [-0.25, -0.2) is 4.79 Å². The van der Waals surface area contributed by atoms with Crippen LogP contribution in [0, 0.1) is 0 Å². The van der Waals surface area contributed by atoms with Crippen LogP contribution >= 0.6 is 0 Å². The minimum Gasteiger partial charge on any atom is -0.480 e. The number of aromatic nitrogens is 1. The third kappa shape index (κ3) is 6.16. The number of carbonyl (C=O) groups excluding carboxylic acids is 2. The van der Waals surface area contributed by atoms with Crippen molar-refractivity contribution in [3.63, 3.8) is 0 Å². The second-order valence-electron chi connectivity index (χ2n) is 7.26. The van der Waals surface area contributed by atoms with E-state index in [1.54, 1.807) is 6.20 Å². The van der Waals surface area contributed by atoms with Gasteiger partial charge in [-0.15, -0.1) is 0 Å². The Bertz CT molecular complexity index is 1050. The minimum atomic E-state index is -1.13. The summed E-state index contributed by atoms with van der Waals surface area (Å²) in [5.74, 6) is -2.23. The molecule has 0 aliphatic heterocycles. The van der Waals surface area contributed by atoms with E-state index in [-0.39, 0.29) is 25.9 Å². The van der Waals surface area contributed by atoms with Crippen LogP contribution in [0.25, 0.3) is 10.9 Å². The number of esters is 1. The molecule has 2 atom stereocenters. The van der Waals surface area contributed by atoms with E-state index in [1.165, 1.54) is 0 Å². The summed E-state index contributed by atoms with van der Waals surface area (Å²) in [6.07, 6.45) is 1.85. The van der Waals surface area contributed by atoms with Gasteiger partial charge in [0, 0.05) is 29.9 Å². The smallest absolute Gasteiger partial charge is 0.326 e. The van der Waals surface area contributed by atoms with Gasteiger partial charge in [-0.2, -0.15) is 0 Å². The molecule has 0 saturated heterocycles. The fourth-order valence-electron chi connectivity index (χ4n) is 3.23. The van der Waals surface area contributed by atoms with Crippen LogP contribution in [-0.4, -0.2) is 40.0 Å². The number of fused-ring (bicyclic) bond motifs is 1. The molecule has 0 saturated carbocycles. The van der Waals surface area contributed by atoms with Gasteiger partial charge in [0.05, 0.1) is 0 Å². The van der Waals surface area contributed by atoms with Crippen molar-refractivity contribution in [2.75, 3.05) is 0 Å². The van der Waals surface area contributed by atoms with Crippen LogP contribution in [-0.2, 0) is 32.1 Å². The Kier molecular flexibility index (Phi) is 7.40. The lowest BCUT2D eigenvalue weighted by molar-refractivity contribution is -0.147. The van der Waals surface area contributed by atoms with Crippen LogP contribution in [0.2, 0.25) is 0 Å². The molecule has 5 N–H and O–H groups in total. The molecule has 1 aromatic heterocycles. The van der Waals surface area contributed by atoms with E-state index >= 15 is 0 Å². The maximum Gasteiger partial charge on any atom is 0.326 e. The number of ether oxygens (including phenoxy) is 1. The summed E-state index contributed by atoms with van der Waals surface area (Å²) in [4.78, 5) is 39.0. The summed E-state index contributed by atoms with van der Waals surface area (Å²) >= 11 is 0. The van der Waals surface area contributed by atoms with Crippen molar-refractivity contribution in [2.45, 2.75) is 38.0 Å². The largest absolute Gasteiger partial charge is 0.480 e. The summed E-state index contributed by atoms with van der Waals surface area (Å²) in [6.45, 7) is 0.102. The Balaban J connectivity index is 1.48. The Morgan fingerprint density at radius 2 is 1.77 bits per heavy atom. The summed E-state index contributed by atoms with van der Waals surface area (Å²) < 4.78 is 5.16. The van der Waals surface area contributed by atoms with Crippen LogP contribution in [0.4, 0.5) is 0 Å². The van der Waals surface area contributed by atoms with Crippen molar-refractivity contribution in [1.29, 1.82) is 0 Å². The number of nitrogens with one attached hydrogen (secondary N) is 2. The predicted molar refractivity (Wildman–Crippen MR) is 115 cm³/mol. The number of carboxylic acid groups (broad SMARTS) is 1. The first-order valence-corrected chi connectivity index (χ1v) is 9.97. The SMILES string of the molecule is N[C@H](CCC(=O)N[C@H](Cc1c[nH]c2ccccc12)C(=O)O)C(=O)OCc1ccccc1. The van der Waals surface area contributed by atoms with Crippen molar-refractivity contribution in [1.82, 2.24) is 10.3 Å². The highest BCUT2D eigenvalue weighted by molar-refractivity contribution is 5.87. The molecule has 0 fully saturated rings. The van der Waals surface area contributed by atoms with E-state index in [2.05, 4.69) is 10.3 Å². The van der Waals surface area contributed by atoms with Crippen LogP contribution in [0.1, 0.15) is 24.0 Å². The number of amides is 1. The molecule has 0 unspecified atom stereocenters. The second kappa shape index (κ2) is 10.4. The number of nitrogens with two attached hydrogens (primary N) is 1. The van der Waals surface area contributed by atoms with Gasteiger partial charge < -0.3 is 25.9 Å². The number of H-pyrrole nitrogens is 1. The third-order valence-electron chi connectivity index (χ3n) is 4.94. The zero-order valence-electron chi connectivity index (χ0n) is 16.9. The number of rotatable bonds is 10. The first kappa shape index (κ1) is 22.0. The molecule has 1 amide bonds. The molecule has 3 aromatic rings. The van der Waals surface area contributed by atoms with Crippen LogP contribution in [0.5, 0.6) is 0 Å². The molecular weight excluding hydrogens is 398 g/mol. The number of aromatic amines is 1. The van der Waals surface area contributed by atoms with Gasteiger partial charge in [-0.1, -0.05) is 48.5 Å². The number of carbonyl (C=O) groups is 3. The highest BCUT2D eigenvalue weighted by atomic mass is 16.5. The molecule has 8 nitrogen and oxygen atoms in total. The molecule has 8 heteroatoms. The van der Waals surface area contributed by atoms with Gasteiger partial charge in [0.1, 0.15) is 18.7 Å². The molecule has 3 rings (SSSR count). The van der Waals surface area contributed by atoms with Crippen molar-refractivity contribution in [3.05, 3.63) is 71.9 Å². The standard InChI is InChI=1S/C23H25N3O5/c24-18(23(30)31-14-15-6-2-1-3-7-15)10-11-21(27)26-20(22(28)29)12-16-13-25-19-9-5-4-8-17(16)19/h1-9,13,18,20,25H,10-12,14,24H2,(H,26,27)(H,28,29)/t18-,20-/m1/s1. The summed E-state index contributed by atoms with van der Waals surface area (Å²) in [5, 5.41) is 12.9. The van der Waals surface area contributed by atoms with Gasteiger partial charge in [-0.3, -0.25) is 9.59 Å². The topological polar surface area (TPSA) is 135 Å². The van der Waals surface area contributed by atoms with Crippen LogP contribution in [0.3, 0.4) is 0 Å². The average molecular weight is 423 g/mol. The molecule has 0 aliphatic rings. The highest BCUT2D eigenvalue weighted by Crippen LogP contribution is 2.19. The second-order valence-corrected chi connectivity index (χ2v) is 7.26. The normalized spacial score (nSPS) is 12.8. The van der Waals surface area contributed by atoms with Crippen molar-refractivity contribution >= 4 is 28.7 Å².